The molecule has 0 bridgehead atoms. The van der Waals surface area contributed by atoms with Crippen LogP contribution >= 0.6 is 0 Å². The van der Waals surface area contributed by atoms with Crippen LogP contribution in [-0.2, 0) is 5.41 Å². The molecule has 12 aromatic rings. The predicted molar refractivity (Wildman–Crippen MR) is 331 cm³/mol. The molecule has 0 saturated heterocycles. The Kier molecular flexibility index (Phi) is 11.7. The summed E-state index contributed by atoms with van der Waals surface area (Å²) in [5.41, 5.74) is 23.4. The van der Waals surface area contributed by atoms with Crippen LogP contribution in [0.25, 0.3) is 72.5 Å². The first-order valence-corrected chi connectivity index (χ1v) is 28.6. The Bertz CT molecular complexity index is 4350. The summed E-state index contributed by atoms with van der Waals surface area (Å²) in [6.07, 6.45) is 11.0. The summed E-state index contributed by atoms with van der Waals surface area (Å²) in [6, 6.07) is 100. The lowest BCUT2D eigenvalue weighted by atomic mass is 9.67. The standard InChI is InChI=1S/C77H60N2/c1-5-23-54(24-6-1)63-38-20-25-55-26-21-40-69(75(55)63)67-36-14-17-43-73(67)78(62-34-19-27-57(51-62)64-39-22-41-70-68-37-15-18-44-74(68)79(76(64)70)60-32-11-4-12-33-60)61-48-45-53(46-49-61)56-47-50-66-65-35-13-16-42-71(65)77(72(66)52-56,58-28-7-2-8-29-58)59-30-9-3-10-31-59/h2-4,7-20,22,25-39,41-52,54H,1,5-6,21,23-24,40H2. The highest BCUT2D eigenvalue weighted by molar-refractivity contribution is 6.14. The van der Waals surface area contributed by atoms with Gasteiger partial charge in [-0.3, -0.25) is 0 Å². The van der Waals surface area contributed by atoms with E-state index in [1.54, 1.807) is 5.56 Å². The van der Waals surface area contributed by atoms with Crippen LogP contribution in [0.5, 0.6) is 0 Å². The second-order valence-electron chi connectivity index (χ2n) is 22.0. The maximum Gasteiger partial charge on any atom is 0.0713 e. The lowest BCUT2D eigenvalue weighted by Crippen LogP contribution is -2.35. The van der Waals surface area contributed by atoms with Crippen molar-refractivity contribution < 1.29 is 0 Å². The summed E-state index contributed by atoms with van der Waals surface area (Å²) in [4.78, 5) is 2.54. The van der Waals surface area contributed by atoms with Crippen molar-refractivity contribution in [2.75, 3.05) is 4.90 Å². The van der Waals surface area contributed by atoms with E-state index in [0.717, 1.165) is 29.9 Å². The Morgan fingerprint density at radius 2 is 1.05 bits per heavy atom. The average Bonchev–Trinajstić information content (AvgIpc) is 3.76. The minimum Gasteiger partial charge on any atom is -0.310 e. The molecular weight excluding hydrogens is 953 g/mol. The summed E-state index contributed by atoms with van der Waals surface area (Å²) >= 11 is 0. The van der Waals surface area contributed by atoms with Crippen molar-refractivity contribution in [2.24, 2.45) is 0 Å². The third-order valence-corrected chi connectivity index (χ3v) is 17.7. The van der Waals surface area contributed by atoms with Crippen molar-refractivity contribution in [3.8, 4) is 39.1 Å². The first kappa shape index (κ1) is 47.0. The number of rotatable bonds is 10. The van der Waals surface area contributed by atoms with Crippen LogP contribution in [0.1, 0.15) is 84.2 Å². The average molecular weight is 1010 g/mol. The van der Waals surface area contributed by atoms with Gasteiger partial charge in [0.1, 0.15) is 0 Å². The first-order valence-electron chi connectivity index (χ1n) is 28.6. The number of hydrogen-bond acceptors (Lipinski definition) is 1. The van der Waals surface area contributed by atoms with E-state index in [9.17, 15) is 0 Å². The molecule has 3 aliphatic rings. The van der Waals surface area contributed by atoms with E-state index in [4.69, 9.17) is 0 Å². The highest BCUT2D eigenvalue weighted by Gasteiger charge is 2.46. The third kappa shape index (κ3) is 7.76. The molecular formula is C77H60N2. The van der Waals surface area contributed by atoms with Gasteiger partial charge in [0.15, 0.2) is 0 Å². The molecule has 0 amide bonds. The number of benzene rings is 11. The van der Waals surface area contributed by atoms with Gasteiger partial charge >= 0.3 is 0 Å². The Balaban J connectivity index is 0.919. The first-order chi connectivity index (χ1) is 39.2. The molecule has 2 heteroatoms. The molecule has 1 aromatic heterocycles. The molecule has 0 radical (unpaired) electrons. The van der Waals surface area contributed by atoms with Gasteiger partial charge in [-0.05, 0) is 158 Å². The summed E-state index contributed by atoms with van der Waals surface area (Å²) < 4.78 is 2.46. The molecule has 15 rings (SSSR count). The molecule has 1 fully saturated rings. The Labute approximate surface area is 463 Å². The summed E-state index contributed by atoms with van der Waals surface area (Å²) in [5.74, 6) is 0.589. The molecule has 0 N–H and O–H groups in total. The van der Waals surface area contributed by atoms with Crippen molar-refractivity contribution in [1.29, 1.82) is 0 Å². The largest absolute Gasteiger partial charge is 0.310 e. The smallest absolute Gasteiger partial charge is 0.0713 e. The van der Waals surface area contributed by atoms with Gasteiger partial charge in [0.2, 0.25) is 0 Å². The van der Waals surface area contributed by atoms with Crippen molar-refractivity contribution in [3.63, 3.8) is 0 Å². The molecule has 3 aliphatic carbocycles. The van der Waals surface area contributed by atoms with Gasteiger partial charge in [0.05, 0.1) is 22.1 Å². The van der Waals surface area contributed by atoms with E-state index in [2.05, 4.69) is 282 Å². The molecule has 0 aliphatic heterocycles. The number of aromatic nitrogens is 1. The van der Waals surface area contributed by atoms with E-state index < -0.39 is 5.41 Å². The van der Waals surface area contributed by atoms with E-state index in [-0.39, 0.29) is 0 Å². The zero-order valence-electron chi connectivity index (χ0n) is 44.4. The summed E-state index contributed by atoms with van der Waals surface area (Å²) in [5, 5.41) is 5.36. The predicted octanol–water partition coefficient (Wildman–Crippen LogP) is 18.8. The van der Waals surface area contributed by atoms with E-state index >= 15 is 0 Å². The van der Waals surface area contributed by atoms with Crippen molar-refractivity contribution in [1.82, 2.24) is 4.57 Å². The van der Waals surface area contributed by atoms with Gasteiger partial charge < -0.3 is 9.47 Å². The number of para-hydroxylation sites is 4. The number of hydrogen-bond donors (Lipinski definition) is 0. The van der Waals surface area contributed by atoms with Crippen molar-refractivity contribution in [3.05, 3.63) is 311 Å². The second kappa shape index (κ2) is 19.6. The Morgan fingerprint density at radius 1 is 0.418 bits per heavy atom. The zero-order chi connectivity index (χ0) is 52.3. The van der Waals surface area contributed by atoms with Gasteiger partial charge in [-0.2, -0.15) is 0 Å². The Morgan fingerprint density at radius 3 is 1.85 bits per heavy atom. The van der Waals surface area contributed by atoms with Crippen LogP contribution in [0.3, 0.4) is 0 Å². The number of anilines is 3. The lowest BCUT2D eigenvalue weighted by Gasteiger charge is -2.34. The monoisotopic (exact) mass is 1010 g/mol. The SMILES string of the molecule is C1=c2cccc(C3CCCCC3)c2=C(c2ccccc2N(c2ccc(-c3ccc4c(c3)C(c3ccccc3)(c3ccccc3)c3ccccc3-4)cc2)c2cccc(-c3cccc4c5ccccc5n(-c5ccccc5)c34)c2)CC1. The maximum absolute atomic E-state index is 2.54. The van der Waals surface area contributed by atoms with E-state index in [1.165, 1.54) is 137 Å². The number of fused-ring (bicyclic) bond motifs is 7. The van der Waals surface area contributed by atoms with Gasteiger partial charge in [-0.15, -0.1) is 0 Å². The van der Waals surface area contributed by atoms with E-state index in [0.29, 0.717) is 5.92 Å². The number of nitrogens with zero attached hydrogens (tertiary/aromatic N) is 2. The summed E-state index contributed by atoms with van der Waals surface area (Å²) in [6.45, 7) is 0. The van der Waals surface area contributed by atoms with Crippen molar-refractivity contribution >= 4 is 50.5 Å². The van der Waals surface area contributed by atoms with Crippen LogP contribution in [-0.4, -0.2) is 4.57 Å². The van der Waals surface area contributed by atoms with E-state index in [1.807, 2.05) is 0 Å². The van der Waals surface area contributed by atoms with Crippen LogP contribution in [0.2, 0.25) is 0 Å². The fraction of sp³-hybridized carbons (Fsp3) is 0.117. The molecule has 0 unspecified atom stereocenters. The van der Waals surface area contributed by atoms with Gasteiger partial charge in [0, 0.05) is 39.0 Å². The molecule has 0 atom stereocenters. The Hall–Kier alpha value is -9.24. The molecule has 79 heavy (non-hydrogen) atoms. The fourth-order valence-electron chi connectivity index (χ4n) is 14.3. The topological polar surface area (TPSA) is 8.17 Å². The van der Waals surface area contributed by atoms with Crippen LogP contribution < -0.4 is 15.3 Å². The lowest BCUT2D eigenvalue weighted by molar-refractivity contribution is 0.442. The van der Waals surface area contributed by atoms with Crippen LogP contribution in [0.15, 0.2) is 267 Å². The fourth-order valence-corrected chi connectivity index (χ4v) is 14.3. The maximum atomic E-state index is 2.54. The molecule has 2 nitrogen and oxygen atoms in total. The second-order valence-corrected chi connectivity index (χ2v) is 22.0. The molecule has 378 valence electrons. The highest BCUT2D eigenvalue weighted by atomic mass is 15.1. The normalized spacial score (nSPS) is 14.6. The quantitative estimate of drug-likeness (QED) is 0.133. The summed E-state index contributed by atoms with van der Waals surface area (Å²) in [7, 11) is 0. The van der Waals surface area contributed by atoms with Crippen LogP contribution in [0, 0.1) is 0 Å². The zero-order valence-corrected chi connectivity index (χ0v) is 44.4. The van der Waals surface area contributed by atoms with Gasteiger partial charge in [0.25, 0.3) is 0 Å². The van der Waals surface area contributed by atoms with Crippen LogP contribution in [0.4, 0.5) is 17.1 Å². The van der Waals surface area contributed by atoms with Gasteiger partial charge in [-0.1, -0.05) is 238 Å². The third-order valence-electron chi connectivity index (χ3n) is 17.7. The van der Waals surface area contributed by atoms with Crippen molar-refractivity contribution in [2.45, 2.75) is 56.3 Å². The molecule has 0 spiro atoms. The van der Waals surface area contributed by atoms with Gasteiger partial charge in [-0.25, -0.2) is 0 Å². The minimum absolute atomic E-state index is 0.472. The molecule has 1 saturated carbocycles. The molecule has 1 heterocycles. The minimum atomic E-state index is -0.472. The highest BCUT2D eigenvalue weighted by Crippen LogP contribution is 2.57. The molecule has 11 aromatic carbocycles.